The van der Waals surface area contributed by atoms with Crippen LogP contribution in [0.25, 0.3) is 0 Å². The first-order valence-electron chi connectivity index (χ1n) is 7.21. The van der Waals surface area contributed by atoms with Crippen LogP contribution in [-0.4, -0.2) is 54.1 Å². The Morgan fingerprint density at radius 3 is 3.00 bits per heavy atom. The summed E-state index contributed by atoms with van der Waals surface area (Å²) in [5.41, 5.74) is 2.44. The normalized spacial score (nSPS) is 19.6. The lowest BCUT2D eigenvalue weighted by Gasteiger charge is -2.35. The minimum Gasteiger partial charge on any atom is -0.383 e. The van der Waals surface area contributed by atoms with Crippen LogP contribution in [0.3, 0.4) is 0 Å². The number of ether oxygens (including phenoxy) is 1. The van der Waals surface area contributed by atoms with Crippen molar-refractivity contribution in [3.8, 4) is 0 Å². The van der Waals surface area contributed by atoms with Crippen molar-refractivity contribution < 1.29 is 4.74 Å². The van der Waals surface area contributed by atoms with E-state index in [0.717, 1.165) is 31.9 Å². The van der Waals surface area contributed by atoms with E-state index in [0.29, 0.717) is 6.04 Å². The number of hydrogen-bond acceptors (Lipinski definition) is 5. The molecule has 20 heavy (non-hydrogen) atoms. The summed E-state index contributed by atoms with van der Waals surface area (Å²) in [5, 5.41) is 8.06. The van der Waals surface area contributed by atoms with Crippen LogP contribution < -0.4 is 10.2 Å². The lowest BCUT2D eigenvalue weighted by Crippen LogP contribution is -2.42. The molecule has 2 rings (SSSR count). The Bertz CT molecular complexity index is 435. The molecule has 1 N–H and O–H groups in total. The highest BCUT2D eigenvalue weighted by Crippen LogP contribution is 2.28. The number of anilines is 1. The van der Waals surface area contributed by atoms with E-state index < -0.39 is 0 Å². The third-order valence-corrected chi connectivity index (χ3v) is 4.93. The molecule has 0 spiro atoms. The van der Waals surface area contributed by atoms with E-state index in [4.69, 9.17) is 4.74 Å². The zero-order valence-corrected chi connectivity index (χ0v) is 13.8. The van der Waals surface area contributed by atoms with Gasteiger partial charge in [-0.3, -0.25) is 4.68 Å². The van der Waals surface area contributed by atoms with E-state index in [1.165, 1.54) is 22.9 Å². The van der Waals surface area contributed by atoms with Crippen LogP contribution in [0.1, 0.15) is 18.2 Å². The molecule has 1 aromatic heterocycles. The Kier molecular flexibility index (Phi) is 5.74. The Morgan fingerprint density at radius 2 is 2.30 bits per heavy atom. The maximum absolute atomic E-state index is 5.08. The Balaban J connectivity index is 2.14. The fraction of sp³-hybridized carbons (Fsp3) is 0.786. The largest absolute Gasteiger partial charge is 0.383 e. The number of rotatable bonds is 6. The van der Waals surface area contributed by atoms with Crippen LogP contribution in [0.4, 0.5) is 5.82 Å². The smallest absolute Gasteiger partial charge is 0.131 e. The van der Waals surface area contributed by atoms with Crippen LogP contribution in [0, 0.1) is 6.92 Å². The Hall–Kier alpha value is -0.720. The molecule has 0 radical (unpaired) electrons. The van der Waals surface area contributed by atoms with Gasteiger partial charge in [0.25, 0.3) is 0 Å². The minimum atomic E-state index is 0.571. The van der Waals surface area contributed by atoms with Crippen LogP contribution in [-0.2, 0) is 18.3 Å². The number of nitrogens with zero attached hydrogens (tertiary/aromatic N) is 3. The Labute approximate surface area is 126 Å². The van der Waals surface area contributed by atoms with Gasteiger partial charge in [-0.2, -0.15) is 16.9 Å². The highest BCUT2D eigenvalue weighted by molar-refractivity contribution is 7.99. The molecule has 0 saturated carbocycles. The zero-order chi connectivity index (χ0) is 14.5. The van der Waals surface area contributed by atoms with Crippen molar-refractivity contribution in [1.82, 2.24) is 15.1 Å². The molecular formula is C14H26N4OS. The lowest BCUT2D eigenvalue weighted by atomic mass is 10.2. The second-order valence-corrected chi connectivity index (χ2v) is 6.45. The SMILES string of the molecule is COCCNCc1c(C)nn(C)c1N1CCSCC1C. The van der Waals surface area contributed by atoms with Gasteiger partial charge in [0.15, 0.2) is 0 Å². The molecule has 0 aromatic carbocycles. The molecule has 1 aliphatic heterocycles. The minimum absolute atomic E-state index is 0.571. The van der Waals surface area contributed by atoms with E-state index in [1.807, 2.05) is 16.4 Å². The summed E-state index contributed by atoms with van der Waals surface area (Å²) >= 11 is 2.04. The standard InChI is InChI=1S/C14H26N4OS/c1-11-10-20-8-6-18(11)14-13(9-15-5-7-19-4)12(2)16-17(14)3/h11,15H,5-10H2,1-4H3. The number of thioether (sulfide) groups is 1. The summed E-state index contributed by atoms with van der Waals surface area (Å²) in [7, 11) is 3.78. The monoisotopic (exact) mass is 298 g/mol. The quantitative estimate of drug-likeness (QED) is 0.804. The van der Waals surface area contributed by atoms with Crippen LogP contribution in [0.15, 0.2) is 0 Å². The molecule has 1 fully saturated rings. The predicted molar refractivity (Wildman–Crippen MR) is 85.7 cm³/mol. The van der Waals surface area contributed by atoms with Crippen LogP contribution in [0.2, 0.25) is 0 Å². The molecule has 0 bridgehead atoms. The first-order chi connectivity index (χ1) is 9.65. The van der Waals surface area contributed by atoms with Gasteiger partial charge in [-0.25, -0.2) is 0 Å². The van der Waals surface area contributed by atoms with Crippen molar-refractivity contribution >= 4 is 17.6 Å². The third kappa shape index (κ3) is 3.48. The number of methoxy groups -OCH3 is 1. The molecular weight excluding hydrogens is 272 g/mol. The van der Waals surface area contributed by atoms with Gasteiger partial charge in [-0.15, -0.1) is 0 Å². The zero-order valence-electron chi connectivity index (χ0n) is 13.0. The first kappa shape index (κ1) is 15.7. The molecule has 1 aliphatic rings. The number of aromatic nitrogens is 2. The van der Waals surface area contributed by atoms with Gasteiger partial charge in [0.1, 0.15) is 5.82 Å². The maximum atomic E-state index is 5.08. The molecule has 114 valence electrons. The number of nitrogens with one attached hydrogen (secondary N) is 1. The van der Waals surface area contributed by atoms with E-state index in [9.17, 15) is 0 Å². The summed E-state index contributed by atoms with van der Waals surface area (Å²) in [6.07, 6.45) is 0. The average Bonchev–Trinajstić information content (AvgIpc) is 2.70. The van der Waals surface area contributed by atoms with Crippen LogP contribution >= 0.6 is 11.8 Å². The predicted octanol–water partition coefficient (Wildman–Crippen LogP) is 1.41. The first-order valence-corrected chi connectivity index (χ1v) is 8.37. The third-order valence-electron chi connectivity index (χ3n) is 3.74. The molecule has 2 heterocycles. The van der Waals surface area contributed by atoms with Gasteiger partial charge in [-0.05, 0) is 13.8 Å². The summed E-state index contributed by atoms with van der Waals surface area (Å²) in [5.74, 6) is 3.67. The highest BCUT2D eigenvalue weighted by atomic mass is 32.2. The summed E-state index contributed by atoms with van der Waals surface area (Å²) in [6, 6.07) is 0.571. The second kappa shape index (κ2) is 7.33. The number of hydrogen-bond donors (Lipinski definition) is 1. The van der Waals surface area contributed by atoms with E-state index >= 15 is 0 Å². The van der Waals surface area contributed by atoms with Crippen molar-refractivity contribution in [3.05, 3.63) is 11.3 Å². The summed E-state index contributed by atoms with van der Waals surface area (Å²) in [6.45, 7) is 7.97. The topological polar surface area (TPSA) is 42.3 Å². The van der Waals surface area contributed by atoms with Crippen LogP contribution in [0.5, 0.6) is 0 Å². The van der Waals surface area contributed by atoms with Gasteiger partial charge in [0, 0.05) is 56.9 Å². The summed E-state index contributed by atoms with van der Waals surface area (Å²) < 4.78 is 7.12. The molecule has 0 amide bonds. The molecule has 6 heteroatoms. The molecule has 5 nitrogen and oxygen atoms in total. The van der Waals surface area contributed by atoms with Gasteiger partial charge < -0.3 is 15.0 Å². The molecule has 1 atom stereocenters. The van der Waals surface area contributed by atoms with Gasteiger partial charge in [0.2, 0.25) is 0 Å². The van der Waals surface area contributed by atoms with E-state index in [-0.39, 0.29) is 0 Å². The Morgan fingerprint density at radius 1 is 1.50 bits per heavy atom. The fourth-order valence-corrected chi connectivity index (χ4v) is 3.70. The maximum Gasteiger partial charge on any atom is 0.131 e. The van der Waals surface area contributed by atoms with Crippen molar-refractivity contribution in [2.75, 3.05) is 43.2 Å². The fourth-order valence-electron chi connectivity index (χ4n) is 2.69. The second-order valence-electron chi connectivity index (χ2n) is 5.30. The summed E-state index contributed by atoms with van der Waals surface area (Å²) in [4.78, 5) is 2.50. The lowest BCUT2D eigenvalue weighted by molar-refractivity contribution is 0.199. The van der Waals surface area contributed by atoms with Crippen molar-refractivity contribution in [2.45, 2.75) is 26.4 Å². The highest BCUT2D eigenvalue weighted by Gasteiger charge is 2.25. The van der Waals surface area contributed by atoms with Gasteiger partial charge in [-0.1, -0.05) is 0 Å². The average molecular weight is 298 g/mol. The molecule has 0 aliphatic carbocycles. The van der Waals surface area contributed by atoms with E-state index in [2.05, 4.69) is 36.2 Å². The van der Waals surface area contributed by atoms with E-state index in [1.54, 1.807) is 7.11 Å². The molecule has 1 unspecified atom stereocenters. The number of aryl methyl sites for hydroxylation is 2. The van der Waals surface area contributed by atoms with Crippen molar-refractivity contribution in [2.24, 2.45) is 7.05 Å². The molecule has 1 aromatic rings. The van der Waals surface area contributed by atoms with Crippen molar-refractivity contribution in [3.63, 3.8) is 0 Å². The van der Waals surface area contributed by atoms with Crippen molar-refractivity contribution in [1.29, 1.82) is 0 Å². The molecule has 1 saturated heterocycles. The van der Waals surface area contributed by atoms with Gasteiger partial charge in [0.05, 0.1) is 12.3 Å². The van der Waals surface area contributed by atoms with Gasteiger partial charge >= 0.3 is 0 Å².